The van der Waals surface area contributed by atoms with Crippen molar-refractivity contribution >= 4 is 5.78 Å². The Morgan fingerprint density at radius 3 is 2.29 bits per heavy atom. The van der Waals surface area contributed by atoms with Crippen LogP contribution in [0.3, 0.4) is 0 Å². The highest BCUT2D eigenvalue weighted by Gasteiger charge is 2.30. The Bertz CT molecular complexity index is 625. The number of ketones is 1. The molecule has 1 rings (SSSR count). The van der Waals surface area contributed by atoms with E-state index < -0.39 is 0 Å². The zero-order chi connectivity index (χ0) is 18.5. The molecule has 0 atom stereocenters. The van der Waals surface area contributed by atoms with Gasteiger partial charge in [-0.1, -0.05) is 82.2 Å². The average molecular weight is 327 g/mol. The van der Waals surface area contributed by atoms with Gasteiger partial charge in [0, 0.05) is 6.42 Å². The molecule has 1 aliphatic rings. The second-order valence-corrected chi connectivity index (χ2v) is 8.70. The second-order valence-electron chi connectivity index (χ2n) is 8.70. The second kappa shape index (κ2) is 7.96. The molecule has 0 aromatic heterocycles. The molecule has 0 amide bonds. The minimum atomic E-state index is 0.0800. The van der Waals surface area contributed by atoms with Crippen LogP contribution in [0.5, 0.6) is 0 Å². The van der Waals surface area contributed by atoms with E-state index in [1.54, 1.807) is 0 Å². The normalized spacial score (nSPS) is 20.6. The predicted molar refractivity (Wildman–Crippen MR) is 106 cm³/mol. The Hall–Kier alpha value is -1.63. The summed E-state index contributed by atoms with van der Waals surface area (Å²) < 4.78 is 0. The zero-order valence-electron chi connectivity index (χ0n) is 16.8. The quantitative estimate of drug-likeness (QED) is 0.523. The average Bonchev–Trinajstić information content (AvgIpc) is 2.41. The molecule has 0 heterocycles. The van der Waals surface area contributed by atoms with E-state index in [1.165, 1.54) is 16.7 Å². The highest BCUT2D eigenvalue weighted by Crippen LogP contribution is 2.39. The van der Waals surface area contributed by atoms with E-state index in [1.807, 2.05) is 6.92 Å². The van der Waals surface area contributed by atoms with Crippen molar-refractivity contribution in [2.45, 2.75) is 68.2 Å². The summed E-state index contributed by atoms with van der Waals surface area (Å²) in [7, 11) is 0. The molecule has 1 heteroatoms. The van der Waals surface area contributed by atoms with Crippen LogP contribution < -0.4 is 0 Å². The lowest BCUT2D eigenvalue weighted by Crippen LogP contribution is -2.24. The van der Waals surface area contributed by atoms with Crippen LogP contribution in [-0.2, 0) is 4.79 Å². The third kappa shape index (κ3) is 6.47. The van der Waals surface area contributed by atoms with Crippen molar-refractivity contribution in [3.05, 3.63) is 58.7 Å². The van der Waals surface area contributed by atoms with Crippen LogP contribution in [0.15, 0.2) is 58.7 Å². The van der Waals surface area contributed by atoms with Crippen LogP contribution in [-0.4, -0.2) is 5.78 Å². The number of carbonyl (C=O) groups is 1. The molecule has 0 spiro atoms. The number of carbonyl (C=O) groups excluding carboxylic acids is 1. The number of allylic oxidation sites excluding steroid dienone is 10. The number of hydrogen-bond donors (Lipinski definition) is 0. The van der Waals surface area contributed by atoms with Gasteiger partial charge < -0.3 is 0 Å². The van der Waals surface area contributed by atoms with E-state index in [-0.39, 0.29) is 10.8 Å². The van der Waals surface area contributed by atoms with Crippen LogP contribution in [0.1, 0.15) is 68.2 Å². The van der Waals surface area contributed by atoms with Gasteiger partial charge in [-0.2, -0.15) is 0 Å². The predicted octanol–water partition coefficient (Wildman–Crippen LogP) is 6.74. The van der Waals surface area contributed by atoms with Gasteiger partial charge in [0.2, 0.25) is 0 Å². The SMILES string of the molecule is CC1=C(/C=C/C(C)=C/C=C/C(C)=C/C(C)(C)C)C(C)(C)CCC1=O. The molecule has 0 N–H and O–H groups in total. The van der Waals surface area contributed by atoms with Gasteiger partial charge in [-0.05, 0) is 49.2 Å². The maximum atomic E-state index is 12.0. The molecule has 24 heavy (non-hydrogen) atoms. The third-order valence-corrected chi connectivity index (χ3v) is 4.42. The van der Waals surface area contributed by atoms with Crippen LogP contribution in [0.2, 0.25) is 0 Å². The first-order chi connectivity index (χ1) is 10.9. The largest absolute Gasteiger partial charge is 0.295 e. The van der Waals surface area contributed by atoms with Gasteiger partial charge >= 0.3 is 0 Å². The van der Waals surface area contributed by atoms with Gasteiger partial charge in [0.15, 0.2) is 5.78 Å². The molecular weight excluding hydrogens is 292 g/mol. The molecule has 0 bridgehead atoms. The summed E-state index contributed by atoms with van der Waals surface area (Å²) in [6.45, 7) is 17.3. The maximum absolute atomic E-state index is 12.0. The Morgan fingerprint density at radius 2 is 1.71 bits per heavy atom. The number of rotatable bonds is 4. The Kier molecular flexibility index (Phi) is 6.77. The van der Waals surface area contributed by atoms with Crippen LogP contribution in [0.4, 0.5) is 0 Å². The molecule has 1 aliphatic carbocycles. The van der Waals surface area contributed by atoms with Crippen molar-refractivity contribution in [3.63, 3.8) is 0 Å². The summed E-state index contributed by atoms with van der Waals surface area (Å²) in [5, 5.41) is 0. The van der Waals surface area contributed by atoms with E-state index in [0.717, 1.165) is 12.0 Å². The minimum absolute atomic E-state index is 0.0800. The molecule has 132 valence electrons. The summed E-state index contributed by atoms with van der Waals surface area (Å²) in [5.74, 6) is 0.290. The monoisotopic (exact) mass is 326 g/mol. The van der Waals surface area contributed by atoms with Gasteiger partial charge in [-0.25, -0.2) is 0 Å². The number of hydrogen-bond acceptors (Lipinski definition) is 1. The third-order valence-electron chi connectivity index (χ3n) is 4.42. The van der Waals surface area contributed by atoms with Crippen molar-refractivity contribution in [2.24, 2.45) is 10.8 Å². The zero-order valence-corrected chi connectivity index (χ0v) is 16.8. The Labute approximate surface area is 148 Å². The molecule has 0 aliphatic heterocycles. The Morgan fingerprint density at radius 1 is 1.08 bits per heavy atom. The van der Waals surface area contributed by atoms with E-state index in [9.17, 15) is 4.79 Å². The summed E-state index contributed by atoms with van der Waals surface area (Å²) >= 11 is 0. The lowest BCUT2D eigenvalue weighted by molar-refractivity contribution is -0.116. The maximum Gasteiger partial charge on any atom is 0.158 e. The summed E-state index contributed by atoms with van der Waals surface area (Å²) in [4.78, 5) is 12.0. The fraction of sp³-hybridized carbons (Fsp3) is 0.522. The molecule has 0 fully saturated rings. The molecule has 0 aromatic carbocycles. The lowest BCUT2D eigenvalue weighted by Gasteiger charge is -2.32. The van der Waals surface area contributed by atoms with E-state index in [2.05, 4.69) is 84.9 Å². The standard InChI is InChI=1S/C23H34O/c1-17(10-9-11-18(2)16-22(4,5)6)12-13-20-19(3)21(24)14-15-23(20,7)8/h9-13,16H,14-15H2,1-8H3/b11-9+,13-12+,17-10+,18-16+. The van der Waals surface area contributed by atoms with Gasteiger partial charge in [0.05, 0.1) is 0 Å². The van der Waals surface area contributed by atoms with E-state index >= 15 is 0 Å². The lowest BCUT2D eigenvalue weighted by atomic mass is 9.72. The Balaban J connectivity index is 2.88. The summed E-state index contributed by atoms with van der Waals surface area (Å²) in [5.41, 5.74) is 4.85. The smallest absolute Gasteiger partial charge is 0.158 e. The molecule has 0 saturated carbocycles. The van der Waals surface area contributed by atoms with E-state index in [0.29, 0.717) is 12.2 Å². The van der Waals surface area contributed by atoms with Gasteiger partial charge in [0.25, 0.3) is 0 Å². The van der Waals surface area contributed by atoms with Gasteiger partial charge in [-0.15, -0.1) is 0 Å². The van der Waals surface area contributed by atoms with Crippen molar-refractivity contribution in [3.8, 4) is 0 Å². The molecule has 1 nitrogen and oxygen atoms in total. The van der Waals surface area contributed by atoms with Crippen LogP contribution in [0.25, 0.3) is 0 Å². The van der Waals surface area contributed by atoms with Crippen molar-refractivity contribution < 1.29 is 4.79 Å². The molecule has 0 saturated heterocycles. The first-order valence-corrected chi connectivity index (χ1v) is 8.89. The molecule has 0 radical (unpaired) electrons. The van der Waals surface area contributed by atoms with Gasteiger partial charge in [0.1, 0.15) is 0 Å². The van der Waals surface area contributed by atoms with Crippen molar-refractivity contribution in [1.82, 2.24) is 0 Å². The highest BCUT2D eigenvalue weighted by atomic mass is 16.1. The molecule has 0 unspecified atom stereocenters. The fourth-order valence-electron chi connectivity index (χ4n) is 3.11. The molecule has 0 aromatic rings. The first kappa shape index (κ1) is 20.4. The van der Waals surface area contributed by atoms with Crippen molar-refractivity contribution in [1.29, 1.82) is 0 Å². The van der Waals surface area contributed by atoms with E-state index in [4.69, 9.17) is 0 Å². The first-order valence-electron chi connectivity index (χ1n) is 8.89. The van der Waals surface area contributed by atoms with Crippen LogP contribution in [0, 0.1) is 10.8 Å². The van der Waals surface area contributed by atoms with Crippen LogP contribution >= 0.6 is 0 Å². The fourth-order valence-corrected chi connectivity index (χ4v) is 3.11. The topological polar surface area (TPSA) is 17.1 Å². The summed E-state index contributed by atoms with van der Waals surface area (Å²) in [6, 6.07) is 0. The summed E-state index contributed by atoms with van der Waals surface area (Å²) in [6.07, 6.45) is 14.5. The minimum Gasteiger partial charge on any atom is -0.295 e. The molecular formula is C23H34O. The number of Topliss-reactive ketones (excluding diaryl/α,β-unsaturated/α-hetero) is 1. The van der Waals surface area contributed by atoms with Crippen molar-refractivity contribution in [2.75, 3.05) is 0 Å². The van der Waals surface area contributed by atoms with Gasteiger partial charge in [-0.3, -0.25) is 4.79 Å². The highest BCUT2D eigenvalue weighted by molar-refractivity contribution is 5.97.